The van der Waals surface area contributed by atoms with Crippen molar-refractivity contribution in [3.8, 4) is 0 Å². The molecule has 0 heterocycles. The number of nitrogens with one attached hydrogen (secondary N) is 1. The summed E-state index contributed by atoms with van der Waals surface area (Å²) in [6, 6.07) is 0. The highest BCUT2D eigenvalue weighted by atomic mass is 35.5. The lowest BCUT2D eigenvalue weighted by molar-refractivity contribution is -0.894. The molecule has 0 saturated heterocycles. The van der Waals surface area contributed by atoms with Crippen LogP contribution in [0.15, 0.2) is 0 Å². The normalized spacial score (nSPS) is 8.00. The molecule has 0 unspecified atom stereocenters. The van der Waals surface area contributed by atoms with Gasteiger partial charge in [-0.15, -0.1) is 0 Å². The summed E-state index contributed by atoms with van der Waals surface area (Å²) >= 11 is 0. The number of rotatable bonds is 3. The average Bonchev–Trinajstić information content (AvgIpc) is 1.72. The highest BCUT2D eigenvalue weighted by molar-refractivity contribution is 4.11. The predicted octanol–water partition coefficient (Wildman–Crippen LogP) is -3.89. The van der Waals surface area contributed by atoms with Crippen LogP contribution < -0.4 is 17.3 Å². The van der Waals surface area contributed by atoms with Gasteiger partial charge in [0, 0.05) is 0 Å². The van der Waals surface area contributed by atoms with E-state index in [4.69, 9.17) is 0 Å². The van der Waals surface area contributed by atoms with Gasteiger partial charge in [-0.1, -0.05) is 0 Å². The van der Waals surface area contributed by atoms with Crippen LogP contribution in [-0.2, 0) is 0 Å². The predicted molar refractivity (Wildman–Crippen MR) is 36.2 cm³/mol. The molecule has 0 rings (SSSR count). The van der Waals surface area contributed by atoms with Gasteiger partial charge in [-0.2, -0.15) is 0 Å². The molecule has 0 fully saturated rings. The number of hydrogen-bond donors (Lipinski definition) is 1. The summed E-state index contributed by atoms with van der Waals surface area (Å²) in [5.41, 5.74) is 0. The maximum absolute atomic E-state index is 2.22. The van der Waals surface area contributed by atoms with E-state index < -0.39 is 0 Å². The molecule has 0 aromatic carbocycles. The van der Waals surface area contributed by atoms with Crippen LogP contribution in [0.4, 0.5) is 0 Å². The van der Waals surface area contributed by atoms with Gasteiger partial charge in [0.05, 0.1) is 19.6 Å². The summed E-state index contributed by atoms with van der Waals surface area (Å²) in [6.45, 7) is 10.5. The highest BCUT2D eigenvalue weighted by Gasteiger charge is 1.92. The Labute approximate surface area is 64.0 Å². The van der Waals surface area contributed by atoms with Gasteiger partial charge >= 0.3 is 0 Å². The van der Waals surface area contributed by atoms with E-state index in [1.54, 1.807) is 4.90 Å². The van der Waals surface area contributed by atoms with Gasteiger partial charge < -0.3 is 22.8 Å². The first-order chi connectivity index (χ1) is 3.35. The molecule has 0 aliphatic heterocycles. The molecule has 9 heavy (non-hydrogen) atoms. The van der Waals surface area contributed by atoms with Gasteiger partial charge in [-0.3, -0.25) is 0 Å². The zero-order chi connectivity index (χ0) is 5.70. The fraction of sp³-hybridized carbons (Fsp3) is 1.00. The lowest BCUT2D eigenvalue weighted by atomic mass is 10.5. The molecule has 0 saturated carbocycles. The molecule has 2 nitrogen and oxygen atoms in total. The molecule has 0 radical (unpaired) electrons. The number of quaternary nitrogens is 1. The summed E-state index contributed by atoms with van der Waals surface area (Å²) in [5.74, 6) is 0. The standard InChI is InChI=1S/C6H15N.ClH.H2O/c1-4-7(5-2)6-3;;/h4-6H2,1-3H3;1H;1H2. The van der Waals surface area contributed by atoms with Crippen molar-refractivity contribution in [2.24, 2.45) is 0 Å². The summed E-state index contributed by atoms with van der Waals surface area (Å²) in [7, 11) is 0. The Morgan fingerprint density at radius 1 is 0.889 bits per heavy atom. The van der Waals surface area contributed by atoms with Crippen molar-refractivity contribution in [2.45, 2.75) is 20.8 Å². The molecular weight excluding hydrogens is 138 g/mol. The molecule has 0 aromatic heterocycles. The highest BCUT2D eigenvalue weighted by Crippen LogP contribution is 1.45. The summed E-state index contributed by atoms with van der Waals surface area (Å²) in [4.78, 5) is 1.68. The van der Waals surface area contributed by atoms with Crippen molar-refractivity contribution in [2.75, 3.05) is 19.6 Å². The minimum Gasteiger partial charge on any atom is -1.00 e. The third-order valence-corrected chi connectivity index (χ3v) is 1.50. The maximum atomic E-state index is 2.22. The van der Waals surface area contributed by atoms with Gasteiger partial charge in [0.15, 0.2) is 0 Å². The van der Waals surface area contributed by atoms with E-state index in [0.717, 1.165) is 0 Å². The Morgan fingerprint density at radius 3 is 1.11 bits per heavy atom. The van der Waals surface area contributed by atoms with Gasteiger partial charge in [0.25, 0.3) is 0 Å². The third kappa shape index (κ3) is 8.21. The van der Waals surface area contributed by atoms with Crippen LogP contribution in [0.3, 0.4) is 0 Å². The van der Waals surface area contributed by atoms with Crippen LogP contribution in [0.25, 0.3) is 0 Å². The first-order valence-corrected chi connectivity index (χ1v) is 3.18. The first-order valence-electron chi connectivity index (χ1n) is 3.18. The molecule has 0 aliphatic carbocycles. The first kappa shape index (κ1) is 16.1. The fourth-order valence-electron chi connectivity index (χ4n) is 0.750. The zero-order valence-corrected chi connectivity index (χ0v) is 7.26. The second-order valence-corrected chi connectivity index (χ2v) is 1.81. The molecule has 3 heteroatoms. The quantitative estimate of drug-likeness (QED) is 0.433. The van der Waals surface area contributed by atoms with Crippen molar-refractivity contribution in [3.63, 3.8) is 0 Å². The minimum atomic E-state index is 0. The Bertz CT molecular complexity index is 34.5. The largest absolute Gasteiger partial charge is 1.00 e. The molecule has 0 spiro atoms. The summed E-state index contributed by atoms with van der Waals surface area (Å²) in [6.07, 6.45) is 0. The van der Waals surface area contributed by atoms with Gasteiger partial charge in [0.1, 0.15) is 0 Å². The van der Waals surface area contributed by atoms with Crippen LogP contribution in [0.5, 0.6) is 0 Å². The summed E-state index contributed by atoms with van der Waals surface area (Å²) in [5, 5.41) is 0. The van der Waals surface area contributed by atoms with Crippen molar-refractivity contribution in [1.82, 2.24) is 0 Å². The molecule has 0 atom stereocenters. The Kier molecular flexibility index (Phi) is 19.8. The minimum absolute atomic E-state index is 0. The van der Waals surface area contributed by atoms with Gasteiger partial charge in [-0.25, -0.2) is 0 Å². The third-order valence-electron chi connectivity index (χ3n) is 1.50. The summed E-state index contributed by atoms with van der Waals surface area (Å²) < 4.78 is 0. The molecule has 3 N–H and O–H groups in total. The van der Waals surface area contributed by atoms with Gasteiger partial charge in [-0.05, 0) is 20.8 Å². The Morgan fingerprint density at radius 2 is 1.11 bits per heavy atom. The molecular formula is C6H18ClNO. The van der Waals surface area contributed by atoms with Crippen LogP contribution in [-0.4, -0.2) is 25.1 Å². The van der Waals surface area contributed by atoms with Crippen molar-refractivity contribution in [1.29, 1.82) is 0 Å². The smallest absolute Gasteiger partial charge is 0.0742 e. The lowest BCUT2D eigenvalue weighted by Crippen LogP contribution is -3.11. The molecule has 0 bridgehead atoms. The van der Waals surface area contributed by atoms with Gasteiger partial charge in [0.2, 0.25) is 0 Å². The van der Waals surface area contributed by atoms with Crippen LogP contribution >= 0.6 is 0 Å². The second-order valence-electron chi connectivity index (χ2n) is 1.81. The Hall–Kier alpha value is 0.210. The molecule has 0 aliphatic rings. The van der Waals surface area contributed by atoms with E-state index in [2.05, 4.69) is 20.8 Å². The molecule has 60 valence electrons. The average molecular weight is 156 g/mol. The maximum Gasteiger partial charge on any atom is 0.0742 e. The second kappa shape index (κ2) is 11.1. The van der Waals surface area contributed by atoms with Crippen LogP contribution in [0, 0.1) is 0 Å². The van der Waals surface area contributed by atoms with E-state index in [0.29, 0.717) is 0 Å². The van der Waals surface area contributed by atoms with Crippen molar-refractivity contribution >= 4 is 0 Å². The van der Waals surface area contributed by atoms with Crippen LogP contribution in [0.2, 0.25) is 0 Å². The van der Waals surface area contributed by atoms with E-state index in [9.17, 15) is 0 Å². The monoisotopic (exact) mass is 155 g/mol. The van der Waals surface area contributed by atoms with E-state index in [1.165, 1.54) is 19.6 Å². The van der Waals surface area contributed by atoms with E-state index >= 15 is 0 Å². The van der Waals surface area contributed by atoms with Crippen molar-refractivity contribution in [3.05, 3.63) is 0 Å². The van der Waals surface area contributed by atoms with E-state index in [1.807, 2.05) is 0 Å². The van der Waals surface area contributed by atoms with Crippen molar-refractivity contribution < 1.29 is 22.8 Å². The lowest BCUT2D eigenvalue weighted by Gasteiger charge is -2.10. The SMILES string of the molecule is CC[NH+](CC)CC.O.[Cl-]. The molecule has 0 amide bonds. The molecule has 0 aromatic rings. The zero-order valence-electron chi connectivity index (χ0n) is 6.50. The van der Waals surface area contributed by atoms with Crippen LogP contribution in [0.1, 0.15) is 20.8 Å². The van der Waals surface area contributed by atoms with E-state index in [-0.39, 0.29) is 17.9 Å². The topological polar surface area (TPSA) is 35.9 Å². The fourth-order valence-corrected chi connectivity index (χ4v) is 0.750. The number of hydrogen-bond acceptors (Lipinski definition) is 0. The number of halogens is 1. The Balaban J connectivity index is -0.000000180.